The van der Waals surface area contributed by atoms with E-state index in [0.717, 1.165) is 18.5 Å². The lowest BCUT2D eigenvalue weighted by Crippen LogP contribution is -2.40. The van der Waals surface area contributed by atoms with E-state index in [4.69, 9.17) is 4.52 Å². The van der Waals surface area contributed by atoms with Crippen LogP contribution in [-0.2, 0) is 0 Å². The molecule has 1 amide bonds. The Balaban J connectivity index is 1.93. The summed E-state index contributed by atoms with van der Waals surface area (Å²) in [7, 11) is 0. The third kappa shape index (κ3) is 3.02. The van der Waals surface area contributed by atoms with Gasteiger partial charge in [0.25, 0.3) is 11.6 Å². The number of carbonyl (C=O) groups excluding carboxylic acids is 1. The van der Waals surface area contributed by atoms with Crippen LogP contribution in [0, 0.1) is 12.8 Å². The zero-order valence-electron chi connectivity index (χ0n) is 14.7. The smallest absolute Gasteiger partial charge is 0.259 e. The van der Waals surface area contributed by atoms with Gasteiger partial charge >= 0.3 is 0 Å². The van der Waals surface area contributed by atoms with Crippen molar-refractivity contribution in [2.45, 2.75) is 52.6 Å². The van der Waals surface area contributed by atoms with Crippen molar-refractivity contribution in [1.82, 2.24) is 15.0 Å². The van der Waals surface area contributed by atoms with Crippen molar-refractivity contribution in [3.05, 3.63) is 23.0 Å². The molecule has 0 aromatic carbocycles. The van der Waals surface area contributed by atoms with E-state index >= 15 is 0 Å². The lowest BCUT2D eigenvalue weighted by molar-refractivity contribution is 0.0522. The van der Waals surface area contributed by atoms with Gasteiger partial charge in [-0.05, 0) is 44.6 Å². The Bertz CT molecular complexity index is 743. The standard InChI is InChI=1S/C18H25N3O3/c1-10(2)15-9-14(16-11(3)20-24-17(16)19-15)18(23)21-7-5-13(6-8-21)12(4)22/h9-10,12-13,22H,5-8H2,1-4H3. The number of likely N-dealkylation sites (tertiary alicyclic amines) is 1. The highest BCUT2D eigenvalue weighted by Crippen LogP contribution is 2.28. The summed E-state index contributed by atoms with van der Waals surface area (Å²) in [6, 6.07) is 1.88. The first-order valence-corrected chi connectivity index (χ1v) is 8.62. The molecule has 130 valence electrons. The van der Waals surface area contributed by atoms with Crippen LogP contribution in [0.5, 0.6) is 0 Å². The van der Waals surface area contributed by atoms with Crippen molar-refractivity contribution in [2.75, 3.05) is 13.1 Å². The summed E-state index contributed by atoms with van der Waals surface area (Å²) in [6.07, 6.45) is 1.34. The SMILES string of the molecule is Cc1noc2nc(C(C)C)cc(C(=O)N3CCC(C(C)O)CC3)c12. The summed E-state index contributed by atoms with van der Waals surface area (Å²) < 4.78 is 5.30. The molecule has 1 atom stereocenters. The van der Waals surface area contributed by atoms with Crippen LogP contribution in [0.15, 0.2) is 10.6 Å². The fraction of sp³-hybridized carbons (Fsp3) is 0.611. The Morgan fingerprint density at radius 2 is 2.00 bits per heavy atom. The van der Waals surface area contributed by atoms with Crippen molar-refractivity contribution in [2.24, 2.45) is 5.92 Å². The second-order valence-corrected chi connectivity index (χ2v) is 7.07. The number of nitrogens with zero attached hydrogens (tertiary/aromatic N) is 3. The van der Waals surface area contributed by atoms with Crippen LogP contribution in [-0.4, -0.2) is 45.2 Å². The lowest BCUT2D eigenvalue weighted by Gasteiger charge is -2.33. The van der Waals surface area contributed by atoms with Crippen LogP contribution in [0.4, 0.5) is 0 Å². The number of aryl methyl sites for hydroxylation is 1. The zero-order valence-corrected chi connectivity index (χ0v) is 14.7. The maximum absolute atomic E-state index is 13.1. The molecule has 0 radical (unpaired) electrons. The molecule has 6 nitrogen and oxygen atoms in total. The number of aliphatic hydroxyl groups is 1. The highest BCUT2D eigenvalue weighted by Gasteiger charge is 2.28. The van der Waals surface area contributed by atoms with E-state index in [1.54, 1.807) is 0 Å². The second kappa shape index (κ2) is 6.51. The molecular weight excluding hydrogens is 306 g/mol. The monoisotopic (exact) mass is 331 g/mol. The molecule has 3 heterocycles. The second-order valence-electron chi connectivity index (χ2n) is 7.07. The number of hydrogen-bond donors (Lipinski definition) is 1. The molecule has 0 aliphatic carbocycles. The molecular formula is C18H25N3O3. The third-order valence-electron chi connectivity index (χ3n) is 4.97. The highest BCUT2D eigenvalue weighted by molar-refractivity contribution is 6.06. The molecule has 0 bridgehead atoms. The van der Waals surface area contributed by atoms with Gasteiger partial charge in [0.05, 0.1) is 22.7 Å². The molecule has 0 spiro atoms. The van der Waals surface area contributed by atoms with Gasteiger partial charge < -0.3 is 14.5 Å². The zero-order chi connectivity index (χ0) is 17.4. The van der Waals surface area contributed by atoms with Gasteiger partial charge in [-0.25, -0.2) is 4.98 Å². The fourth-order valence-corrected chi connectivity index (χ4v) is 3.33. The summed E-state index contributed by atoms with van der Waals surface area (Å²) in [5.41, 5.74) is 2.58. The Kier molecular flexibility index (Phi) is 4.58. The van der Waals surface area contributed by atoms with Gasteiger partial charge in [0, 0.05) is 18.8 Å². The average molecular weight is 331 g/mol. The molecule has 1 fully saturated rings. The first-order chi connectivity index (χ1) is 11.4. The van der Waals surface area contributed by atoms with E-state index in [9.17, 15) is 9.90 Å². The quantitative estimate of drug-likeness (QED) is 0.935. The van der Waals surface area contributed by atoms with E-state index in [1.807, 2.05) is 38.7 Å². The number of pyridine rings is 1. The van der Waals surface area contributed by atoms with E-state index in [0.29, 0.717) is 35.4 Å². The van der Waals surface area contributed by atoms with Crippen LogP contribution >= 0.6 is 0 Å². The molecule has 3 rings (SSSR count). The summed E-state index contributed by atoms with van der Waals surface area (Å²) in [5.74, 6) is 0.474. The topological polar surface area (TPSA) is 79.5 Å². The number of piperidine rings is 1. The molecule has 24 heavy (non-hydrogen) atoms. The van der Waals surface area contributed by atoms with Crippen LogP contribution in [0.1, 0.15) is 61.3 Å². The molecule has 1 unspecified atom stereocenters. The number of amides is 1. The fourth-order valence-electron chi connectivity index (χ4n) is 3.33. The van der Waals surface area contributed by atoms with E-state index in [2.05, 4.69) is 10.1 Å². The summed E-state index contributed by atoms with van der Waals surface area (Å²) in [5, 5.41) is 14.4. The largest absolute Gasteiger partial charge is 0.393 e. The molecule has 6 heteroatoms. The predicted molar refractivity (Wildman–Crippen MR) is 90.9 cm³/mol. The van der Waals surface area contributed by atoms with Gasteiger partial charge in [-0.2, -0.15) is 0 Å². The highest BCUT2D eigenvalue weighted by atomic mass is 16.5. The first-order valence-electron chi connectivity index (χ1n) is 8.62. The summed E-state index contributed by atoms with van der Waals surface area (Å²) in [6.45, 7) is 9.07. The summed E-state index contributed by atoms with van der Waals surface area (Å²) >= 11 is 0. The maximum atomic E-state index is 13.1. The van der Waals surface area contributed by atoms with E-state index in [1.165, 1.54) is 0 Å². The Hall–Kier alpha value is -1.95. The number of fused-ring (bicyclic) bond motifs is 1. The van der Waals surface area contributed by atoms with Crippen LogP contribution in [0.2, 0.25) is 0 Å². The molecule has 1 saturated heterocycles. The number of carbonyl (C=O) groups is 1. The molecule has 1 N–H and O–H groups in total. The van der Waals surface area contributed by atoms with Crippen LogP contribution < -0.4 is 0 Å². The van der Waals surface area contributed by atoms with E-state index in [-0.39, 0.29) is 23.8 Å². The molecule has 2 aromatic heterocycles. The Labute approximate surface area is 141 Å². The van der Waals surface area contributed by atoms with Crippen molar-refractivity contribution in [3.8, 4) is 0 Å². The molecule has 0 saturated carbocycles. The number of aliphatic hydroxyl groups excluding tert-OH is 1. The third-order valence-corrected chi connectivity index (χ3v) is 4.97. The van der Waals surface area contributed by atoms with Crippen LogP contribution in [0.25, 0.3) is 11.1 Å². The van der Waals surface area contributed by atoms with Gasteiger partial charge in [0.1, 0.15) is 0 Å². The first kappa shape index (κ1) is 16.9. The van der Waals surface area contributed by atoms with Gasteiger partial charge in [-0.15, -0.1) is 0 Å². The number of rotatable bonds is 3. The minimum Gasteiger partial charge on any atom is -0.393 e. The number of aromatic nitrogens is 2. The molecule has 1 aliphatic rings. The average Bonchev–Trinajstić information content (AvgIpc) is 2.94. The minimum absolute atomic E-state index is 0.000331. The Morgan fingerprint density at radius 3 is 2.58 bits per heavy atom. The van der Waals surface area contributed by atoms with Crippen molar-refractivity contribution < 1.29 is 14.4 Å². The van der Waals surface area contributed by atoms with Crippen molar-refractivity contribution in [3.63, 3.8) is 0 Å². The van der Waals surface area contributed by atoms with Gasteiger partial charge in [-0.1, -0.05) is 19.0 Å². The normalized spacial score (nSPS) is 17.7. The van der Waals surface area contributed by atoms with Crippen molar-refractivity contribution in [1.29, 1.82) is 0 Å². The van der Waals surface area contributed by atoms with Gasteiger partial charge in [0.2, 0.25) is 0 Å². The number of hydrogen-bond acceptors (Lipinski definition) is 5. The minimum atomic E-state index is -0.317. The van der Waals surface area contributed by atoms with Gasteiger partial charge in [-0.3, -0.25) is 4.79 Å². The molecule has 1 aliphatic heterocycles. The van der Waals surface area contributed by atoms with Crippen molar-refractivity contribution >= 4 is 17.0 Å². The van der Waals surface area contributed by atoms with Gasteiger partial charge in [0.15, 0.2) is 0 Å². The molecule has 2 aromatic rings. The predicted octanol–water partition coefficient (Wildman–Crippen LogP) is 2.89. The Morgan fingerprint density at radius 1 is 1.33 bits per heavy atom. The van der Waals surface area contributed by atoms with Crippen LogP contribution in [0.3, 0.4) is 0 Å². The van der Waals surface area contributed by atoms with E-state index < -0.39 is 0 Å². The maximum Gasteiger partial charge on any atom is 0.259 e. The summed E-state index contributed by atoms with van der Waals surface area (Å²) in [4.78, 5) is 19.4. The lowest BCUT2D eigenvalue weighted by atomic mass is 9.91.